The molecule has 0 spiro atoms. The van der Waals surface area contributed by atoms with Crippen molar-refractivity contribution in [3.63, 3.8) is 0 Å². The molecule has 0 saturated heterocycles. The molecule has 0 fully saturated rings. The summed E-state index contributed by atoms with van der Waals surface area (Å²) in [7, 11) is 0. The van der Waals surface area contributed by atoms with E-state index in [1.165, 1.54) is 0 Å². The van der Waals surface area contributed by atoms with E-state index in [1.54, 1.807) is 19.2 Å². The van der Waals surface area contributed by atoms with Crippen LogP contribution < -0.4 is 5.32 Å². The lowest BCUT2D eigenvalue weighted by Crippen LogP contribution is -2.29. The molecule has 0 aromatic carbocycles. The number of rotatable bonds is 5. The molecule has 0 aliphatic carbocycles. The second kappa shape index (κ2) is 5.83. The van der Waals surface area contributed by atoms with Crippen molar-refractivity contribution in [3.8, 4) is 0 Å². The fourth-order valence-corrected chi connectivity index (χ4v) is 2.00. The van der Waals surface area contributed by atoms with Crippen LogP contribution in [0.4, 0.5) is 0 Å². The fraction of sp³-hybridized carbons (Fsp3) is 0.455. The standard InChI is InChI=1S/C11H15ClN6O/c1-3-4-18-6-8(12)5-9(18)11(19)13-7(2)10-14-16-17-15-10/h5-7H,3-4H2,1-2H3,(H,13,19)(H,14,15,16,17). The Morgan fingerprint density at radius 1 is 1.63 bits per heavy atom. The minimum Gasteiger partial charge on any atom is -0.342 e. The van der Waals surface area contributed by atoms with Crippen LogP contribution in [0.3, 0.4) is 0 Å². The van der Waals surface area contributed by atoms with Gasteiger partial charge in [0.25, 0.3) is 5.91 Å². The van der Waals surface area contributed by atoms with Crippen LogP contribution in [0.15, 0.2) is 12.3 Å². The Kier molecular flexibility index (Phi) is 4.16. The van der Waals surface area contributed by atoms with Crippen LogP contribution in [0.5, 0.6) is 0 Å². The molecule has 0 radical (unpaired) electrons. The highest BCUT2D eigenvalue weighted by Gasteiger charge is 2.18. The maximum atomic E-state index is 12.2. The van der Waals surface area contributed by atoms with Gasteiger partial charge in [-0.3, -0.25) is 4.79 Å². The van der Waals surface area contributed by atoms with Crippen molar-refractivity contribution in [1.29, 1.82) is 0 Å². The molecule has 2 heterocycles. The van der Waals surface area contributed by atoms with Crippen molar-refractivity contribution in [2.45, 2.75) is 32.9 Å². The Morgan fingerprint density at radius 3 is 3.05 bits per heavy atom. The number of aromatic nitrogens is 5. The molecule has 2 aromatic rings. The highest BCUT2D eigenvalue weighted by Crippen LogP contribution is 2.16. The van der Waals surface area contributed by atoms with E-state index < -0.39 is 0 Å². The van der Waals surface area contributed by atoms with Gasteiger partial charge in [-0.05, 0) is 19.4 Å². The molecule has 1 unspecified atom stereocenters. The first-order valence-electron chi connectivity index (χ1n) is 6.01. The van der Waals surface area contributed by atoms with E-state index in [4.69, 9.17) is 11.6 Å². The fourth-order valence-electron chi connectivity index (χ4n) is 1.78. The summed E-state index contributed by atoms with van der Waals surface area (Å²) in [6.07, 6.45) is 2.67. The molecule has 2 aromatic heterocycles. The zero-order valence-corrected chi connectivity index (χ0v) is 11.5. The van der Waals surface area contributed by atoms with Crippen LogP contribution in [-0.2, 0) is 6.54 Å². The van der Waals surface area contributed by atoms with E-state index in [-0.39, 0.29) is 11.9 Å². The second-order valence-electron chi connectivity index (χ2n) is 4.20. The number of carbonyl (C=O) groups excluding carboxylic acids is 1. The van der Waals surface area contributed by atoms with Gasteiger partial charge in [0.15, 0.2) is 5.82 Å². The van der Waals surface area contributed by atoms with Crippen LogP contribution in [0.25, 0.3) is 0 Å². The number of amides is 1. The maximum Gasteiger partial charge on any atom is 0.268 e. The number of halogens is 1. The summed E-state index contributed by atoms with van der Waals surface area (Å²) >= 11 is 5.94. The third kappa shape index (κ3) is 3.11. The Balaban J connectivity index is 2.11. The average Bonchev–Trinajstić information content (AvgIpc) is 2.99. The van der Waals surface area contributed by atoms with Crippen molar-refractivity contribution in [2.75, 3.05) is 0 Å². The van der Waals surface area contributed by atoms with Crippen molar-refractivity contribution in [3.05, 3.63) is 28.8 Å². The number of nitrogens with zero attached hydrogens (tertiary/aromatic N) is 4. The number of nitrogens with one attached hydrogen (secondary N) is 2. The summed E-state index contributed by atoms with van der Waals surface area (Å²) in [5, 5.41) is 16.8. The molecule has 7 nitrogen and oxygen atoms in total. The Morgan fingerprint density at radius 2 is 2.42 bits per heavy atom. The van der Waals surface area contributed by atoms with Crippen molar-refractivity contribution < 1.29 is 4.79 Å². The topological polar surface area (TPSA) is 88.5 Å². The highest BCUT2D eigenvalue weighted by molar-refractivity contribution is 6.31. The SMILES string of the molecule is CCCn1cc(Cl)cc1C(=O)NC(C)c1nn[nH]n1. The van der Waals surface area contributed by atoms with Crippen molar-refractivity contribution in [1.82, 2.24) is 30.5 Å². The monoisotopic (exact) mass is 282 g/mol. The van der Waals surface area contributed by atoms with Crippen molar-refractivity contribution in [2.24, 2.45) is 0 Å². The third-order valence-corrected chi connectivity index (χ3v) is 2.86. The number of hydrogen-bond donors (Lipinski definition) is 2. The van der Waals surface area contributed by atoms with E-state index in [0.717, 1.165) is 13.0 Å². The van der Waals surface area contributed by atoms with E-state index in [1.807, 2.05) is 11.5 Å². The first-order valence-corrected chi connectivity index (χ1v) is 6.39. The van der Waals surface area contributed by atoms with Gasteiger partial charge < -0.3 is 9.88 Å². The van der Waals surface area contributed by atoms with E-state index >= 15 is 0 Å². The van der Waals surface area contributed by atoms with Gasteiger partial charge in [0.05, 0.1) is 11.1 Å². The number of carbonyl (C=O) groups is 1. The van der Waals surface area contributed by atoms with Gasteiger partial charge >= 0.3 is 0 Å². The zero-order valence-electron chi connectivity index (χ0n) is 10.7. The normalized spacial score (nSPS) is 12.4. The van der Waals surface area contributed by atoms with Crippen molar-refractivity contribution >= 4 is 17.5 Å². The van der Waals surface area contributed by atoms with Crippen LogP contribution in [0.1, 0.15) is 42.6 Å². The van der Waals surface area contributed by atoms with E-state index in [2.05, 4.69) is 25.9 Å². The minimum absolute atomic E-state index is 0.211. The molecule has 0 aliphatic heterocycles. The number of aromatic amines is 1. The Labute approximate surface area is 115 Å². The zero-order chi connectivity index (χ0) is 13.8. The van der Waals surface area contributed by atoms with Gasteiger partial charge in [-0.1, -0.05) is 23.7 Å². The lowest BCUT2D eigenvalue weighted by atomic mass is 10.3. The largest absolute Gasteiger partial charge is 0.342 e. The number of aryl methyl sites for hydroxylation is 1. The number of hydrogen-bond acceptors (Lipinski definition) is 4. The first kappa shape index (κ1) is 13.5. The summed E-state index contributed by atoms with van der Waals surface area (Å²) in [4.78, 5) is 12.2. The highest BCUT2D eigenvalue weighted by atomic mass is 35.5. The quantitative estimate of drug-likeness (QED) is 0.871. The van der Waals surface area contributed by atoms with Crippen LogP contribution in [0, 0.1) is 0 Å². The third-order valence-electron chi connectivity index (χ3n) is 2.66. The number of tetrazole rings is 1. The van der Waals surface area contributed by atoms with E-state index in [9.17, 15) is 4.79 Å². The predicted molar refractivity (Wildman–Crippen MR) is 69.8 cm³/mol. The smallest absolute Gasteiger partial charge is 0.268 e. The molecule has 8 heteroatoms. The summed E-state index contributed by atoms with van der Waals surface area (Å²) in [6.45, 7) is 4.57. The van der Waals surface area contributed by atoms with E-state index in [0.29, 0.717) is 16.5 Å². The molecule has 0 saturated carbocycles. The molecular formula is C11H15ClN6O. The Hall–Kier alpha value is -1.89. The van der Waals surface area contributed by atoms with Gasteiger partial charge in [-0.15, -0.1) is 10.2 Å². The molecular weight excluding hydrogens is 268 g/mol. The van der Waals surface area contributed by atoms with Crippen LogP contribution in [0.2, 0.25) is 5.02 Å². The molecule has 1 atom stereocenters. The van der Waals surface area contributed by atoms with Gasteiger partial charge in [0.1, 0.15) is 5.69 Å². The second-order valence-corrected chi connectivity index (χ2v) is 4.64. The Bertz CT molecular complexity index is 550. The van der Waals surface area contributed by atoms with Gasteiger partial charge in [0, 0.05) is 12.7 Å². The lowest BCUT2D eigenvalue weighted by Gasteiger charge is -2.11. The van der Waals surface area contributed by atoms with Gasteiger partial charge in [0.2, 0.25) is 0 Å². The molecule has 2 rings (SSSR count). The first-order chi connectivity index (χ1) is 9.11. The molecule has 19 heavy (non-hydrogen) atoms. The summed E-state index contributed by atoms with van der Waals surface area (Å²) < 4.78 is 1.83. The lowest BCUT2D eigenvalue weighted by molar-refractivity contribution is 0.0929. The molecule has 0 bridgehead atoms. The predicted octanol–water partition coefficient (Wildman–Crippen LogP) is 1.56. The average molecular weight is 283 g/mol. The molecule has 2 N–H and O–H groups in total. The summed E-state index contributed by atoms with van der Waals surface area (Å²) in [5.74, 6) is 0.227. The van der Waals surface area contributed by atoms with Crippen LogP contribution >= 0.6 is 11.6 Å². The van der Waals surface area contributed by atoms with Gasteiger partial charge in [-0.2, -0.15) is 5.21 Å². The summed E-state index contributed by atoms with van der Waals surface area (Å²) in [6, 6.07) is 1.32. The summed E-state index contributed by atoms with van der Waals surface area (Å²) in [5.41, 5.74) is 0.530. The minimum atomic E-state index is -0.324. The molecule has 0 aliphatic rings. The number of H-pyrrole nitrogens is 1. The van der Waals surface area contributed by atoms with Gasteiger partial charge in [-0.25, -0.2) is 0 Å². The molecule has 1 amide bonds. The molecule has 102 valence electrons. The van der Waals surface area contributed by atoms with Crippen LogP contribution in [-0.4, -0.2) is 31.1 Å². The maximum absolute atomic E-state index is 12.2.